The Balaban J connectivity index is 1.56. The van der Waals surface area contributed by atoms with Gasteiger partial charge in [-0.25, -0.2) is 4.79 Å². The first-order valence-corrected chi connectivity index (χ1v) is 11.4. The minimum Gasteiger partial charge on any atom is -0.535 e. The van der Waals surface area contributed by atoms with Gasteiger partial charge in [-0.05, 0) is 36.8 Å². The van der Waals surface area contributed by atoms with Crippen molar-refractivity contribution in [1.82, 2.24) is 0 Å². The van der Waals surface area contributed by atoms with E-state index in [0.717, 1.165) is 25.7 Å². The molecule has 1 fully saturated rings. The van der Waals surface area contributed by atoms with Gasteiger partial charge in [0.05, 0.1) is 0 Å². The van der Waals surface area contributed by atoms with Crippen molar-refractivity contribution in [3.63, 3.8) is 0 Å². The molecule has 1 aromatic carbocycles. The molecule has 0 unspecified atom stereocenters. The van der Waals surface area contributed by atoms with E-state index in [-0.39, 0.29) is 17.7 Å². The molecule has 10 heteroatoms. The molecule has 1 aliphatic carbocycles. The highest BCUT2D eigenvalue weighted by atomic mass is 19.3. The summed E-state index contributed by atoms with van der Waals surface area (Å²) in [5.41, 5.74) is 0.500. The molecule has 1 aromatic rings. The van der Waals surface area contributed by atoms with Crippen LogP contribution in [0.4, 0.5) is 8.78 Å². The number of alkyl halides is 2. The van der Waals surface area contributed by atoms with Gasteiger partial charge in [-0.3, -0.25) is 9.59 Å². The van der Waals surface area contributed by atoms with E-state index in [0.29, 0.717) is 17.9 Å². The van der Waals surface area contributed by atoms with Crippen molar-refractivity contribution in [2.45, 2.75) is 76.5 Å². The topological polar surface area (TPSA) is 99.1 Å². The number of ether oxygens (including phenoxy) is 2. The Labute approximate surface area is 191 Å². The molecule has 0 bridgehead atoms. The van der Waals surface area contributed by atoms with Crippen LogP contribution >= 0.6 is 0 Å². The predicted octanol–water partition coefficient (Wildman–Crippen LogP) is 4.10. The van der Waals surface area contributed by atoms with Crippen LogP contribution in [0.1, 0.15) is 74.2 Å². The summed E-state index contributed by atoms with van der Waals surface area (Å²) in [6, 6.07) is 4.61. The van der Waals surface area contributed by atoms with Gasteiger partial charge in [0.15, 0.2) is 0 Å². The molecular formula is C23H29BF2O7. The van der Waals surface area contributed by atoms with Crippen molar-refractivity contribution in [2.24, 2.45) is 5.92 Å². The zero-order valence-corrected chi connectivity index (χ0v) is 18.7. The number of rotatable bonds is 9. The number of para-hydroxylation sites is 1. The second kappa shape index (κ2) is 11.1. The number of ketones is 1. The third-order valence-corrected chi connectivity index (χ3v) is 6.33. The maximum absolute atomic E-state index is 13.6. The first-order chi connectivity index (χ1) is 15.7. The maximum Gasteiger partial charge on any atom is 0.526 e. The summed E-state index contributed by atoms with van der Waals surface area (Å²) in [4.78, 5) is 36.3. The molecular weight excluding hydrogens is 437 g/mol. The lowest BCUT2D eigenvalue weighted by molar-refractivity contribution is -0.153. The number of hydrogen-bond acceptors (Lipinski definition) is 7. The van der Waals surface area contributed by atoms with Crippen molar-refractivity contribution in [2.75, 3.05) is 6.79 Å². The van der Waals surface area contributed by atoms with E-state index in [2.05, 4.69) is 0 Å². The lowest BCUT2D eigenvalue weighted by Crippen LogP contribution is -2.38. The van der Waals surface area contributed by atoms with Crippen molar-refractivity contribution in [1.29, 1.82) is 0 Å². The first kappa shape index (κ1) is 25.1. The molecule has 1 N–H and O–H groups in total. The van der Waals surface area contributed by atoms with Crippen LogP contribution in [0.5, 0.6) is 5.75 Å². The summed E-state index contributed by atoms with van der Waals surface area (Å²) in [6.45, 7) is 0.673. The van der Waals surface area contributed by atoms with Crippen molar-refractivity contribution in [3.05, 3.63) is 29.3 Å². The van der Waals surface area contributed by atoms with Crippen molar-refractivity contribution < 1.29 is 42.3 Å². The summed E-state index contributed by atoms with van der Waals surface area (Å²) >= 11 is 0. The van der Waals surface area contributed by atoms with Gasteiger partial charge < -0.3 is 19.2 Å². The summed E-state index contributed by atoms with van der Waals surface area (Å²) < 4.78 is 42.8. The molecule has 0 radical (unpaired) electrons. The van der Waals surface area contributed by atoms with Gasteiger partial charge in [-0.1, -0.05) is 38.3 Å². The number of halogens is 2. The first-order valence-electron chi connectivity index (χ1n) is 11.4. The van der Waals surface area contributed by atoms with Crippen LogP contribution in [0.2, 0.25) is 5.82 Å². The van der Waals surface area contributed by atoms with Gasteiger partial charge in [-0.15, -0.1) is 0 Å². The normalized spacial score (nSPS) is 18.8. The van der Waals surface area contributed by atoms with E-state index in [1.54, 1.807) is 12.1 Å². The zero-order chi connectivity index (χ0) is 24.0. The highest BCUT2D eigenvalue weighted by molar-refractivity contribution is 6.47. The van der Waals surface area contributed by atoms with Gasteiger partial charge in [0, 0.05) is 25.1 Å². The summed E-state index contributed by atoms with van der Waals surface area (Å²) in [6.07, 6.45) is 4.59. The lowest BCUT2D eigenvalue weighted by Gasteiger charge is -2.29. The molecule has 180 valence electrons. The average Bonchev–Trinajstić information content (AvgIpc) is 2.79. The highest BCUT2D eigenvalue weighted by Crippen LogP contribution is 2.38. The fraction of sp³-hybridized carbons (Fsp3) is 0.609. The number of fused-ring (bicyclic) bond motifs is 1. The number of esters is 2. The van der Waals surface area contributed by atoms with Crippen LogP contribution in [-0.2, 0) is 25.5 Å². The van der Waals surface area contributed by atoms with E-state index in [1.165, 1.54) is 19.4 Å². The van der Waals surface area contributed by atoms with E-state index in [9.17, 15) is 28.2 Å². The molecule has 2 aliphatic rings. The van der Waals surface area contributed by atoms with E-state index < -0.39 is 56.2 Å². The molecule has 33 heavy (non-hydrogen) atoms. The van der Waals surface area contributed by atoms with Crippen LogP contribution in [0.15, 0.2) is 18.2 Å². The smallest absolute Gasteiger partial charge is 0.526 e. The molecule has 1 saturated carbocycles. The molecule has 3 rings (SSSR count). The fourth-order valence-corrected chi connectivity index (χ4v) is 4.32. The van der Waals surface area contributed by atoms with Gasteiger partial charge in [-0.2, -0.15) is 8.78 Å². The Kier molecular flexibility index (Phi) is 8.45. The minimum absolute atomic E-state index is 0.0125. The largest absolute Gasteiger partial charge is 0.535 e. The quantitative estimate of drug-likeness (QED) is 0.332. The Morgan fingerprint density at radius 3 is 2.58 bits per heavy atom. The van der Waals surface area contributed by atoms with Crippen molar-refractivity contribution in [3.8, 4) is 5.75 Å². The Morgan fingerprint density at radius 2 is 1.88 bits per heavy atom. The monoisotopic (exact) mass is 466 g/mol. The number of hydrogen-bond donors (Lipinski definition) is 1. The Bertz CT molecular complexity index is 870. The molecule has 0 aromatic heterocycles. The van der Waals surface area contributed by atoms with Crippen LogP contribution in [0.3, 0.4) is 0 Å². The SMILES string of the molecule is CCC(F)(F)C(=O)C[C@H]1Cc2cccc(C(=O)OCOC(=O)CC3CCCCC3)c2OB1O. The van der Waals surface area contributed by atoms with Crippen LogP contribution < -0.4 is 4.65 Å². The standard InChI is InChI=1S/C23H29BF2O7/c1-2-23(25,26)19(27)13-17-12-16-9-6-10-18(21(16)33-24(17)30)22(29)32-14-31-20(28)11-15-7-4-3-5-8-15/h6,9-10,15,17,30H,2-5,7-8,11-14H2,1H3/t17-/m1/s1. The molecule has 0 saturated heterocycles. The average molecular weight is 466 g/mol. The van der Waals surface area contributed by atoms with Gasteiger partial charge in [0.1, 0.15) is 11.3 Å². The van der Waals surface area contributed by atoms with Crippen LogP contribution in [0, 0.1) is 5.92 Å². The van der Waals surface area contributed by atoms with Crippen LogP contribution in [-0.4, -0.2) is 42.6 Å². The van der Waals surface area contributed by atoms with Gasteiger partial charge in [0.25, 0.3) is 0 Å². The summed E-state index contributed by atoms with van der Waals surface area (Å²) in [7, 11) is -1.53. The van der Waals surface area contributed by atoms with Crippen LogP contribution in [0.25, 0.3) is 0 Å². The molecule has 1 heterocycles. The molecule has 1 atom stereocenters. The number of carbonyl (C=O) groups excluding carboxylic acids is 3. The molecule has 0 amide bonds. The molecule has 7 nitrogen and oxygen atoms in total. The van der Waals surface area contributed by atoms with E-state index in [1.807, 2.05) is 0 Å². The van der Waals surface area contributed by atoms with Gasteiger partial charge >= 0.3 is 25.0 Å². The third kappa shape index (κ3) is 6.53. The molecule has 1 aliphatic heterocycles. The number of carbonyl (C=O) groups is 3. The minimum atomic E-state index is -3.46. The van der Waals surface area contributed by atoms with Crippen molar-refractivity contribution >= 4 is 24.8 Å². The fourth-order valence-electron chi connectivity index (χ4n) is 4.32. The van der Waals surface area contributed by atoms with Gasteiger partial charge in [0.2, 0.25) is 12.6 Å². The predicted molar refractivity (Wildman–Crippen MR) is 115 cm³/mol. The second-order valence-electron chi connectivity index (χ2n) is 8.73. The second-order valence-corrected chi connectivity index (χ2v) is 8.73. The zero-order valence-electron chi connectivity index (χ0n) is 18.7. The number of Topliss-reactive ketones (excluding diaryl/α,β-unsaturated/α-hetero) is 1. The Hall–Kier alpha value is -2.49. The van der Waals surface area contributed by atoms with E-state index >= 15 is 0 Å². The highest BCUT2D eigenvalue weighted by Gasteiger charge is 2.43. The summed E-state index contributed by atoms with van der Waals surface area (Å²) in [5, 5.41) is 10.3. The Morgan fingerprint density at radius 1 is 1.15 bits per heavy atom. The summed E-state index contributed by atoms with van der Waals surface area (Å²) in [5.74, 6) is -6.45. The maximum atomic E-state index is 13.6. The lowest BCUT2D eigenvalue weighted by atomic mass is 9.64. The van der Waals surface area contributed by atoms with E-state index in [4.69, 9.17) is 14.1 Å². The molecule has 0 spiro atoms. The third-order valence-electron chi connectivity index (χ3n) is 6.33. The number of benzene rings is 1.